The number of ether oxygens (including phenoxy) is 1. The Morgan fingerprint density at radius 3 is 2.68 bits per heavy atom. The van der Waals surface area contributed by atoms with Gasteiger partial charge in [0.15, 0.2) is 0 Å². The van der Waals surface area contributed by atoms with Crippen LogP contribution in [-0.4, -0.2) is 29.9 Å². The molecule has 0 N–H and O–H groups in total. The summed E-state index contributed by atoms with van der Waals surface area (Å²) in [6.07, 6.45) is 1.12. The van der Waals surface area contributed by atoms with Crippen LogP contribution in [0.15, 0.2) is 48.5 Å². The van der Waals surface area contributed by atoms with Crippen LogP contribution in [0.4, 0.5) is 0 Å². The second-order valence-electron chi connectivity index (χ2n) is 6.00. The Hall–Kier alpha value is -2.40. The van der Waals surface area contributed by atoms with E-state index in [0.717, 1.165) is 21.8 Å². The zero-order valence-corrected chi connectivity index (χ0v) is 15.5. The van der Waals surface area contributed by atoms with Crippen molar-refractivity contribution in [3.05, 3.63) is 59.1 Å². The molecule has 3 rings (SSSR count). The first kappa shape index (κ1) is 17.4. The summed E-state index contributed by atoms with van der Waals surface area (Å²) in [5, 5.41) is 1.01. The van der Waals surface area contributed by atoms with Crippen molar-refractivity contribution in [3.8, 4) is 5.75 Å². The van der Waals surface area contributed by atoms with E-state index in [9.17, 15) is 4.79 Å². The number of carbonyl (C=O) groups excluding carboxylic acids is 1. The van der Waals surface area contributed by atoms with Crippen molar-refractivity contribution in [3.63, 3.8) is 0 Å². The molecule has 2 aromatic carbocycles. The molecular weight excluding hydrogens is 332 g/mol. The van der Waals surface area contributed by atoms with Gasteiger partial charge in [-0.2, -0.15) is 0 Å². The van der Waals surface area contributed by atoms with Crippen LogP contribution in [0.25, 0.3) is 10.2 Å². The summed E-state index contributed by atoms with van der Waals surface area (Å²) in [5.41, 5.74) is 2.02. The summed E-state index contributed by atoms with van der Waals surface area (Å²) in [5.74, 6) is 0.915. The third kappa shape index (κ3) is 3.82. The molecule has 5 heteroatoms. The van der Waals surface area contributed by atoms with Crippen molar-refractivity contribution in [2.45, 2.75) is 25.8 Å². The maximum atomic E-state index is 12.6. The molecule has 3 aromatic rings. The molecule has 0 aliphatic rings. The molecule has 1 unspecified atom stereocenters. The van der Waals surface area contributed by atoms with Gasteiger partial charge in [0.05, 0.1) is 28.4 Å². The van der Waals surface area contributed by atoms with Gasteiger partial charge in [-0.25, -0.2) is 4.98 Å². The zero-order valence-electron chi connectivity index (χ0n) is 14.7. The Labute approximate surface area is 152 Å². The largest absolute Gasteiger partial charge is 0.496 e. The lowest BCUT2D eigenvalue weighted by Gasteiger charge is -2.26. The first-order valence-electron chi connectivity index (χ1n) is 8.33. The molecule has 0 radical (unpaired) electrons. The number of hydrogen-bond donors (Lipinski definition) is 0. The SMILES string of the molecule is COc1ccccc1C(C)N(C)C(=O)CCc1nc2ccccc2s1. The van der Waals surface area contributed by atoms with Crippen molar-refractivity contribution in [1.82, 2.24) is 9.88 Å². The van der Waals surface area contributed by atoms with Crippen molar-refractivity contribution in [2.75, 3.05) is 14.2 Å². The number of nitrogens with zero attached hydrogens (tertiary/aromatic N) is 2. The number of methoxy groups -OCH3 is 1. The number of thiazole rings is 1. The van der Waals surface area contributed by atoms with Crippen LogP contribution in [0.2, 0.25) is 0 Å². The highest BCUT2D eigenvalue weighted by Gasteiger charge is 2.20. The second kappa shape index (κ2) is 7.66. The summed E-state index contributed by atoms with van der Waals surface area (Å²) < 4.78 is 6.58. The lowest BCUT2D eigenvalue weighted by molar-refractivity contribution is -0.131. The van der Waals surface area contributed by atoms with E-state index in [-0.39, 0.29) is 11.9 Å². The molecule has 0 saturated carbocycles. The van der Waals surface area contributed by atoms with Gasteiger partial charge in [0.2, 0.25) is 5.91 Å². The molecule has 0 saturated heterocycles. The molecule has 0 aliphatic carbocycles. The van der Waals surface area contributed by atoms with Gasteiger partial charge >= 0.3 is 0 Å². The molecule has 0 spiro atoms. The number of hydrogen-bond acceptors (Lipinski definition) is 4. The first-order chi connectivity index (χ1) is 12.1. The van der Waals surface area contributed by atoms with Gasteiger partial charge in [-0.05, 0) is 25.1 Å². The molecule has 4 nitrogen and oxygen atoms in total. The standard InChI is InChI=1S/C20H22N2O2S/c1-14(15-8-4-6-10-17(15)24-3)22(2)20(23)13-12-19-21-16-9-5-7-11-18(16)25-19/h4-11,14H,12-13H2,1-3H3. The fourth-order valence-electron chi connectivity index (χ4n) is 2.85. The lowest BCUT2D eigenvalue weighted by atomic mass is 10.1. The molecule has 0 fully saturated rings. The van der Waals surface area contributed by atoms with E-state index < -0.39 is 0 Å². The van der Waals surface area contributed by atoms with Gasteiger partial charge in [-0.3, -0.25) is 4.79 Å². The number of benzene rings is 2. The zero-order chi connectivity index (χ0) is 17.8. The van der Waals surface area contributed by atoms with Gasteiger partial charge < -0.3 is 9.64 Å². The van der Waals surface area contributed by atoms with Gasteiger partial charge in [0, 0.05) is 25.5 Å². The molecule has 1 aromatic heterocycles. The second-order valence-corrected chi connectivity index (χ2v) is 7.11. The fourth-order valence-corrected chi connectivity index (χ4v) is 3.82. The Morgan fingerprint density at radius 1 is 1.20 bits per heavy atom. The number of fused-ring (bicyclic) bond motifs is 1. The van der Waals surface area contributed by atoms with Gasteiger partial charge in [-0.1, -0.05) is 30.3 Å². The monoisotopic (exact) mass is 354 g/mol. The average Bonchev–Trinajstić information content (AvgIpc) is 3.07. The average molecular weight is 354 g/mol. The number of aryl methyl sites for hydroxylation is 1. The normalized spacial score (nSPS) is 12.1. The summed E-state index contributed by atoms with van der Waals surface area (Å²) >= 11 is 1.66. The molecule has 130 valence electrons. The van der Waals surface area contributed by atoms with E-state index in [4.69, 9.17) is 4.74 Å². The van der Waals surface area contributed by atoms with Gasteiger partial charge in [0.25, 0.3) is 0 Å². The van der Waals surface area contributed by atoms with Crippen molar-refractivity contribution < 1.29 is 9.53 Å². The third-order valence-corrected chi connectivity index (χ3v) is 5.55. The first-order valence-corrected chi connectivity index (χ1v) is 9.15. The van der Waals surface area contributed by atoms with Crippen LogP contribution in [-0.2, 0) is 11.2 Å². The number of para-hydroxylation sites is 2. The van der Waals surface area contributed by atoms with E-state index in [1.807, 2.05) is 56.4 Å². The highest BCUT2D eigenvalue weighted by Crippen LogP contribution is 2.29. The number of amides is 1. The quantitative estimate of drug-likeness (QED) is 0.656. The molecule has 0 bridgehead atoms. The smallest absolute Gasteiger partial charge is 0.223 e. The summed E-state index contributed by atoms with van der Waals surface area (Å²) in [7, 11) is 3.50. The predicted octanol–water partition coefficient (Wildman–Crippen LogP) is 4.46. The molecular formula is C20H22N2O2S. The van der Waals surface area contributed by atoms with E-state index in [1.54, 1.807) is 23.3 Å². The summed E-state index contributed by atoms with van der Waals surface area (Å²) in [6, 6.07) is 15.8. The molecule has 0 aliphatic heterocycles. The van der Waals surface area contributed by atoms with Crippen LogP contribution in [0.1, 0.15) is 30.0 Å². The number of rotatable bonds is 6. The number of aromatic nitrogens is 1. The minimum atomic E-state index is -0.0426. The van der Waals surface area contributed by atoms with Crippen LogP contribution < -0.4 is 4.74 Å². The van der Waals surface area contributed by atoms with E-state index in [2.05, 4.69) is 11.1 Å². The van der Waals surface area contributed by atoms with Crippen LogP contribution >= 0.6 is 11.3 Å². The Balaban J connectivity index is 1.65. The topological polar surface area (TPSA) is 42.4 Å². The molecule has 1 amide bonds. The van der Waals surface area contributed by atoms with E-state index in [1.165, 1.54) is 4.70 Å². The maximum absolute atomic E-state index is 12.6. The molecule has 1 heterocycles. The highest BCUT2D eigenvalue weighted by atomic mass is 32.1. The van der Waals surface area contributed by atoms with Gasteiger partial charge in [-0.15, -0.1) is 11.3 Å². The molecule has 1 atom stereocenters. The highest BCUT2D eigenvalue weighted by molar-refractivity contribution is 7.18. The van der Waals surface area contributed by atoms with Crippen LogP contribution in [0.3, 0.4) is 0 Å². The maximum Gasteiger partial charge on any atom is 0.223 e. The van der Waals surface area contributed by atoms with Crippen molar-refractivity contribution in [2.24, 2.45) is 0 Å². The molecule has 25 heavy (non-hydrogen) atoms. The number of carbonyl (C=O) groups is 1. The van der Waals surface area contributed by atoms with Gasteiger partial charge in [0.1, 0.15) is 5.75 Å². The summed E-state index contributed by atoms with van der Waals surface area (Å²) in [4.78, 5) is 19.0. The van der Waals surface area contributed by atoms with Crippen LogP contribution in [0, 0.1) is 0 Å². The summed E-state index contributed by atoms with van der Waals surface area (Å²) in [6.45, 7) is 2.02. The van der Waals surface area contributed by atoms with Crippen LogP contribution in [0.5, 0.6) is 5.75 Å². The van der Waals surface area contributed by atoms with Crippen molar-refractivity contribution in [1.29, 1.82) is 0 Å². The predicted molar refractivity (Wildman–Crippen MR) is 102 cm³/mol. The van der Waals surface area contributed by atoms with E-state index >= 15 is 0 Å². The lowest BCUT2D eigenvalue weighted by Crippen LogP contribution is -2.30. The minimum Gasteiger partial charge on any atom is -0.496 e. The van der Waals surface area contributed by atoms with Crippen molar-refractivity contribution >= 4 is 27.5 Å². The Kier molecular flexibility index (Phi) is 5.34. The Bertz CT molecular complexity index is 842. The third-order valence-electron chi connectivity index (χ3n) is 4.45. The Morgan fingerprint density at radius 2 is 1.92 bits per heavy atom. The fraction of sp³-hybridized carbons (Fsp3) is 0.300. The minimum absolute atomic E-state index is 0.0426. The van der Waals surface area contributed by atoms with E-state index in [0.29, 0.717) is 12.8 Å².